The summed E-state index contributed by atoms with van der Waals surface area (Å²) in [6.45, 7) is 14.0. The van der Waals surface area contributed by atoms with Crippen LogP contribution in [0.4, 0.5) is 0 Å². The van der Waals surface area contributed by atoms with Crippen molar-refractivity contribution in [1.29, 1.82) is 0 Å². The molecular weight excluding hydrogens is 1100 g/mol. The van der Waals surface area contributed by atoms with E-state index in [1.807, 2.05) is 0 Å². The summed E-state index contributed by atoms with van der Waals surface area (Å²) in [5, 5.41) is 18.1. The Morgan fingerprint density at radius 1 is 0.253 bits per heavy atom. The van der Waals surface area contributed by atoms with Crippen LogP contribution in [0.25, 0.3) is 153 Å². The molecule has 0 fully saturated rings. The number of nitrogens with zero attached hydrogens (tertiary/aromatic N) is 2. The van der Waals surface area contributed by atoms with Crippen molar-refractivity contribution >= 4 is 86.4 Å². The van der Waals surface area contributed by atoms with Gasteiger partial charge in [0.2, 0.25) is 0 Å². The quantitative estimate of drug-likeness (QED) is 0.155. The summed E-state index contributed by atoms with van der Waals surface area (Å²) in [7, 11) is 0. The lowest BCUT2D eigenvalue weighted by Gasteiger charge is -2.27. The second kappa shape index (κ2) is 19.6. The zero-order valence-electron chi connectivity index (χ0n) is 52.0. The first-order valence-corrected chi connectivity index (χ1v) is 32.1. The van der Waals surface area contributed by atoms with Gasteiger partial charge in [0.15, 0.2) is 0 Å². The normalized spacial score (nSPS) is 13.8. The Kier molecular flexibility index (Phi) is 11.5. The van der Waals surface area contributed by atoms with Crippen LogP contribution in [0.3, 0.4) is 0 Å². The lowest BCUT2D eigenvalue weighted by molar-refractivity contribution is 0.641. The number of aromatic nitrogens is 2. The van der Waals surface area contributed by atoms with Gasteiger partial charge in [0, 0.05) is 38.1 Å². The second-order valence-electron chi connectivity index (χ2n) is 27.2. The van der Waals surface area contributed by atoms with Crippen LogP contribution < -0.4 is 0 Å². The molecular formula is C89H64N2. The molecule has 91 heavy (non-hydrogen) atoms. The van der Waals surface area contributed by atoms with E-state index in [0.29, 0.717) is 0 Å². The molecule has 0 saturated carbocycles. The lowest BCUT2D eigenvalue weighted by atomic mass is 9.76. The van der Waals surface area contributed by atoms with E-state index in [-0.39, 0.29) is 16.2 Å². The van der Waals surface area contributed by atoms with Crippen molar-refractivity contribution in [3.05, 3.63) is 312 Å². The van der Waals surface area contributed by atoms with Crippen LogP contribution in [0, 0.1) is 0 Å². The number of fused-ring (bicyclic) bond motifs is 9. The first kappa shape index (κ1) is 53.2. The van der Waals surface area contributed by atoms with Crippen molar-refractivity contribution in [1.82, 2.24) is 9.97 Å². The van der Waals surface area contributed by atoms with Gasteiger partial charge in [-0.05, 0) is 167 Å². The number of rotatable bonds is 6. The first-order chi connectivity index (χ1) is 44.3. The molecule has 0 unspecified atom stereocenters. The molecule has 2 aromatic heterocycles. The van der Waals surface area contributed by atoms with E-state index in [1.54, 1.807) is 0 Å². The minimum absolute atomic E-state index is 0.0479. The average molecular weight is 1160 g/mol. The Bertz CT molecular complexity index is 5490. The fraction of sp³-hybridized carbons (Fsp3) is 0.101. The van der Waals surface area contributed by atoms with Crippen LogP contribution in [0.2, 0.25) is 0 Å². The van der Waals surface area contributed by atoms with Crippen LogP contribution in [-0.4, -0.2) is 9.97 Å². The molecule has 2 heteroatoms. The van der Waals surface area contributed by atoms with E-state index >= 15 is 0 Å². The van der Waals surface area contributed by atoms with Gasteiger partial charge in [-0.1, -0.05) is 296 Å². The van der Waals surface area contributed by atoms with Gasteiger partial charge in [0.25, 0.3) is 0 Å². The topological polar surface area (TPSA) is 25.8 Å². The predicted molar refractivity (Wildman–Crippen MR) is 386 cm³/mol. The first-order valence-electron chi connectivity index (χ1n) is 32.1. The molecule has 2 aliphatic rings. The molecule has 2 nitrogen and oxygen atoms in total. The van der Waals surface area contributed by atoms with E-state index in [0.717, 1.165) is 44.3 Å². The molecule has 0 bridgehead atoms. The minimum atomic E-state index is -0.195. The third kappa shape index (κ3) is 8.05. The molecule has 19 rings (SSSR count). The average Bonchev–Trinajstić information content (AvgIpc) is 1.42. The van der Waals surface area contributed by atoms with E-state index < -0.39 is 0 Å². The molecule has 17 aromatic rings. The fourth-order valence-electron chi connectivity index (χ4n) is 16.1. The Balaban J connectivity index is 0.000000135. The summed E-state index contributed by atoms with van der Waals surface area (Å²) >= 11 is 0. The predicted octanol–water partition coefficient (Wildman–Crippen LogP) is 23.9. The molecule has 2 heterocycles. The Morgan fingerprint density at radius 2 is 0.593 bits per heavy atom. The SMILES string of the molecule is CC(C)(c1cccc(-c2ccc3ccc4cccc5ccc2c3c45)c1)c1cccc(-c2ccc3ccc4cccc5ccc2c3c45)c1.CC1(C)c2ccccc2-c2ccc(-c3ccc4ccc5ccc(-c6ccc7c(c6)C(C)(C)c6ccccc6-7)nc5c4n3)cc21. The Hall–Kier alpha value is -10.8. The smallest absolute Gasteiger partial charge is 0.0972 e. The molecule has 15 aromatic carbocycles. The number of benzene rings is 15. The maximum absolute atomic E-state index is 5.28. The van der Waals surface area contributed by atoms with Crippen molar-refractivity contribution in [3.8, 4) is 67.0 Å². The van der Waals surface area contributed by atoms with E-state index in [1.165, 1.54) is 143 Å². The number of hydrogen-bond donors (Lipinski definition) is 0. The van der Waals surface area contributed by atoms with E-state index in [2.05, 4.69) is 321 Å². The van der Waals surface area contributed by atoms with Crippen LogP contribution in [0.15, 0.2) is 279 Å². The summed E-state index contributed by atoms with van der Waals surface area (Å²) in [5.74, 6) is 0. The highest BCUT2D eigenvalue weighted by molar-refractivity contribution is 6.27. The summed E-state index contributed by atoms with van der Waals surface area (Å²) < 4.78 is 0. The summed E-state index contributed by atoms with van der Waals surface area (Å²) in [6, 6.07) is 103. The van der Waals surface area contributed by atoms with Gasteiger partial charge in [-0.25, -0.2) is 9.97 Å². The highest BCUT2D eigenvalue weighted by Crippen LogP contribution is 2.52. The third-order valence-corrected chi connectivity index (χ3v) is 21.1. The molecule has 0 saturated heterocycles. The van der Waals surface area contributed by atoms with E-state index in [4.69, 9.17) is 9.97 Å². The van der Waals surface area contributed by atoms with Gasteiger partial charge in [-0.2, -0.15) is 0 Å². The number of hydrogen-bond acceptors (Lipinski definition) is 2. The van der Waals surface area contributed by atoms with Crippen molar-refractivity contribution in [2.45, 2.75) is 57.8 Å². The maximum atomic E-state index is 5.28. The minimum Gasteiger partial charge on any atom is -0.245 e. The largest absolute Gasteiger partial charge is 0.245 e. The summed E-state index contributed by atoms with van der Waals surface area (Å²) in [4.78, 5) is 10.6. The van der Waals surface area contributed by atoms with Crippen LogP contribution in [-0.2, 0) is 16.2 Å². The van der Waals surface area contributed by atoms with Gasteiger partial charge in [-0.3, -0.25) is 0 Å². The lowest BCUT2D eigenvalue weighted by Crippen LogP contribution is -2.19. The van der Waals surface area contributed by atoms with Gasteiger partial charge < -0.3 is 0 Å². The molecule has 430 valence electrons. The van der Waals surface area contributed by atoms with Crippen molar-refractivity contribution < 1.29 is 0 Å². The molecule has 2 aliphatic carbocycles. The Labute approximate surface area is 530 Å². The highest BCUT2D eigenvalue weighted by Gasteiger charge is 2.37. The molecule has 0 radical (unpaired) electrons. The van der Waals surface area contributed by atoms with Gasteiger partial charge >= 0.3 is 0 Å². The van der Waals surface area contributed by atoms with Crippen LogP contribution in [0.5, 0.6) is 0 Å². The Morgan fingerprint density at radius 3 is 1.03 bits per heavy atom. The zero-order valence-corrected chi connectivity index (χ0v) is 52.0. The van der Waals surface area contributed by atoms with Crippen molar-refractivity contribution in [3.63, 3.8) is 0 Å². The molecule has 0 aliphatic heterocycles. The van der Waals surface area contributed by atoms with Crippen LogP contribution in [0.1, 0.15) is 74.9 Å². The summed E-state index contributed by atoms with van der Waals surface area (Å²) in [6.07, 6.45) is 0. The zero-order chi connectivity index (χ0) is 61.1. The molecule has 0 atom stereocenters. The van der Waals surface area contributed by atoms with Gasteiger partial charge in [0.05, 0.1) is 22.4 Å². The number of pyridine rings is 2. The maximum Gasteiger partial charge on any atom is 0.0972 e. The monoisotopic (exact) mass is 1160 g/mol. The van der Waals surface area contributed by atoms with E-state index in [9.17, 15) is 0 Å². The van der Waals surface area contributed by atoms with Crippen LogP contribution >= 0.6 is 0 Å². The van der Waals surface area contributed by atoms with Gasteiger partial charge in [0.1, 0.15) is 0 Å². The molecule has 0 amide bonds. The molecule has 0 spiro atoms. The van der Waals surface area contributed by atoms with Crippen molar-refractivity contribution in [2.24, 2.45) is 0 Å². The van der Waals surface area contributed by atoms with Gasteiger partial charge in [-0.15, -0.1) is 0 Å². The third-order valence-electron chi connectivity index (χ3n) is 21.1. The fourth-order valence-corrected chi connectivity index (χ4v) is 16.1. The highest BCUT2D eigenvalue weighted by atomic mass is 14.8. The standard InChI is InChI=1S/C47H32.C42H32N2/c1-47(2,37-13-5-11-35(27-37)39-23-19-33-17-15-29-7-3-9-31-21-25-41(39)45(33)43(29)31)38-14-6-12-36(28-38)40-24-20-34-18-16-30-8-4-10-32-22-26-42(40)46(34)44(30)32;1-41(2)33-11-7-5-9-29(33)31-19-15-27(23-35(31)41)37-21-17-25-13-14-26-18-22-38(44-40(26)39(25)43-37)28-16-20-32-30-10-6-8-12-34(30)42(3,4)36(32)24-28/h3-28H,1-2H3;5-24H,1-4H3. The summed E-state index contributed by atoms with van der Waals surface area (Å²) in [5.41, 5.74) is 24.4. The second-order valence-corrected chi connectivity index (χ2v) is 27.2. The van der Waals surface area contributed by atoms with Crippen molar-refractivity contribution in [2.75, 3.05) is 0 Å². The molecule has 0 N–H and O–H groups in total.